The number of alkyl halides is 2. The van der Waals surface area contributed by atoms with Gasteiger partial charge in [-0.1, -0.05) is 36.9 Å². The molecule has 9 nitrogen and oxygen atoms in total. The maximum atomic E-state index is 13.7. The van der Waals surface area contributed by atoms with Gasteiger partial charge in [0.15, 0.2) is 0 Å². The van der Waals surface area contributed by atoms with Crippen molar-refractivity contribution in [3.63, 3.8) is 0 Å². The lowest BCUT2D eigenvalue weighted by Gasteiger charge is -2.41. The third-order valence-corrected chi connectivity index (χ3v) is 9.23. The van der Waals surface area contributed by atoms with Crippen molar-refractivity contribution in [2.75, 3.05) is 49.1 Å². The monoisotopic (exact) mass is 630 g/mol. The summed E-state index contributed by atoms with van der Waals surface area (Å²) in [6.07, 6.45) is 0.956. The zero-order valence-electron chi connectivity index (χ0n) is 26.4. The van der Waals surface area contributed by atoms with Gasteiger partial charge < -0.3 is 29.0 Å². The number of aryl methyl sites for hydroxylation is 1. The Kier molecular flexibility index (Phi) is 9.09. The van der Waals surface area contributed by atoms with E-state index in [1.165, 1.54) is 22.4 Å². The van der Waals surface area contributed by atoms with Crippen LogP contribution in [-0.4, -0.2) is 84.3 Å². The summed E-state index contributed by atoms with van der Waals surface area (Å²) in [7, 11) is 0. The molecule has 1 amide bonds. The highest BCUT2D eigenvalue weighted by atomic mass is 19.3. The van der Waals surface area contributed by atoms with Crippen LogP contribution in [0.15, 0.2) is 49.1 Å². The first-order valence-corrected chi connectivity index (χ1v) is 16.0. The Balaban J connectivity index is 1.29. The molecule has 6 rings (SSSR count). The number of hydrogen-bond donors (Lipinski definition) is 0. The molecule has 1 aliphatic carbocycles. The number of anilines is 2. The van der Waals surface area contributed by atoms with Crippen LogP contribution in [0.25, 0.3) is 15.6 Å². The molecule has 11 heteroatoms. The van der Waals surface area contributed by atoms with Crippen molar-refractivity contribution in [2.24, 2.45) is 0 Å². The van der Waals surface area contributed by atoms with Crippen LogP contribution in [-0.2, 0) is 22.5 Å². The first kappa shape index (κ1) is 31.7. The number of rotatable bonds is 9. The summed E-state index contributed by atoms with van der Waals surface area (Å²) in [5, 5.41) is 2.40. The first-order chi connectivity index (χ1) is 22.2. The molecule has 3 aromatic rings. The Labute approximate surface area is 268 Å². The molecule has 2 fully saturated rings. The average molecular weight is 631 g/mol. The van der Waals surface area contributed by atoms with Crippen LogP contribution < -0.4 is 14.5 Å². The van der Waals surface area contributed by atoms with Gasteiger partial charge in [0.1, 0.15) is 18.0 Å². The molecule has 1 unspecified atom stereocenters. The number of amides is 1. The van der Waals surface area contributed by atoms with E-state index >= 15 is 0 Å². The number of fused-ring (bicyclic) bond motifs is 2. The summed E-state index contributed by atoms with van der Waals surface area (Å²) < 4.78 is 39.4. The van der Waals surface area contributed by atoms with E-state index in [-0.39, 0.29) is 44.0 Å². The molecule has 1 saturated heterocycles. The molecule has 1 aromatic heterocycles. The van der Waals surface area contributed by atoms with Crippen molar-refractivity contribution in [1.82, 2.24) is 14.9 Å². The van der Waals surface area contributed by atoms with Crippen LogP contribution in [0.4, 0.5) is 20.3 Å². The Morgan fingerprint density at radius 1 is 1.20 bits per heavy atom. The van der Waals surface area contributed by atoms with E-state index in [1.54, 1.807) is 4.90 Å². The van der Waals surface area contributed by atoms with Crippen molar-refractivity contribution in [1.29, 1.82) is 0 Å². The molecule has 0 N–H and O–H groups in total. The van der Waals surface area contributed by atoms with Gasteiger partial charge in [-0.05, 0) is 49.8 Å². The predicted molar refractivity (Wildman–Crippen MR) is 173 cm³/mol. The van der Waals surface area contributed by atoms with E-state index in [2.05, 4.69) is 64.5 Å². The third-order valence-electron chi connectivity index (χ3n) is 9.23. The first-order valence-electron chi connectivity index (χ1n) is 16.0. The van der Waals surface area contributed by atoms with Crippen molar-refractivity contribution in [2.45, 2.75) is 70.2 Å². The molecular weight excluding hydrogens is 590 g/mol. The van der Waals surface area contributed by atoms with E-state index in [0.29, 0.717) is 39.0 Å². The third kappa shape index (κ3) is 6.63. The van der Waals surface area contributed by atoms with Crippen molar-refractivity contribution in [3.8, 4) is 6.01 Å². The Morgan fingerprint density at radius 2 is 2.00 bits per heavy atom. The topological polar surface area (TPSA) is 75.4 Å². The number of aromatic nitrogens is 2. The molecule has 46 heavy (non-hydrogen) atoms. The highest BCUT2D eigenvalue weighted by molar-refractivity contribution is 5.97. The van der Waals surface area contributed by atoms with Gasteiger partial charge in [-0.2, -0.15) is 9.97 Å². The van der Waals surface area contributed by atoms with Crippen molar-refractivity contribution < 1.29 is 23.0 Å². The lowest BCUT2D eigenvalue weighted by Crippen LogP contribution is -2.56. The normalized spacial score (nSPS) is 21.5. The van der Waals surface area contributed by atoms with Crippen LogP contribution in [0.5, 0.6) is 6.01 Å². The minimum absolute atomic E-state index is 0.146. The van der Waals surface area contributed by atoms with E-state index in [4.69, 9.17) is 26.0 Å². The molecule has 0 radical (unpaired) electrons. The summed E-state index contributed by atoms with van der Waals surface area (Å²) in [6.45, 7) is 18.2. The molecule has 0 bridgehead atoms. The van der Waals surface area contributed by atoms with Crippen LogP contribution in [0.1, 0.15) is 43.0 Å². The van der Waals surface area contributed by atoms with Crippen molar-refractivity contribution in [3.05, 3.63) is 77.3 Å². The van der Waals surface area contributed by atoms with E-state index in [0.717, 1.165) is 29.3 Å². The number of benzene rings is 2. The second kappa shape index (κ2) is 13.2. The minimum atomic E-state index is -2.68. The van der Waals surface area contributed by atoms with E-state index in [9.17, 15) is 13.6 Å². The number of carbonyl (C=O) groups is 1. The zero-order valence-corrected chi connectivity index (χ0v) is 26.4. The summed E-state index contributed by atoms with van der Waals surface area (Å²) in [6, 6.07) is 12.6. The lowest BCUT2D eigenvalue weighted by atomic mass is 9.99. The van der Waals surface area contributed by atoms with Gasteiger partial charge in [0.05, 0.1) is 24.9 Å². The standard InChI is InChI=1S/C35H40F2N6O3/c1-5-31(44)43-17-16-42(20-26(43)19-38-4)33-28-13-15-41(30-11-7-10-25-9-6-8-23(2)32(25)30)21-29(28)39-34(40-33)46-24(3)22-45-27-12-14-35(36,37)18-27/h5-11,24,26-27H,1,12-22H2,2-3H3/t24-,26-,27?/m0/s1. The van der Waals surface area contributed by atoms with Gasteiger partial charge in [0, 0.05) is 55.7 Å². The summed E-state index contributed by atoms with van der Waals surface area (Å²) in [5.74, 6) is -2.11. The fraction of sp³-hybridized carbons (Fsp3) is 0.486. The molecule has 3 heterocycles. The van der Waals surface area contributed by atoms with E-state index in [1.807, 2.05) is 6.92 Å². The predicted octanol–water partition coefficient (Wildman–Crippen LogP) is 5.60. The Bertz CT molecular complexity index is 1650. The number of halogens is 2. The van der Waals surface area contributed by atoms with Crippen LogP contribution in [0.3, 0.4) is 0 Å². The Hall–Kier alpha value is -4.30. The Morgan fingerprint density at radius 3 is 2.74 bits per heavy atom. The zero-order chi connectivity index (χ0) is 32.4. The maximum absolute atomic E-state index is 13.7. The van der Waals surface area contributed by atoms with Gasteiger partial charge >= 0.3 is 6.01 Å². The molecule has 3 aliphatic rings. The van der Waals surface area contributed by atoms with Crippen molar-refractivity contribution >= 4 is 28.2 Å². The molecular formula is C35H40F2N6O3. The second-order valence-corrected chi connectivity index (χ2v) is 12.5. The minimum Gasteiger partial charge on any atom is -0.458 e. The molecule has 2 aromatic carbocycles. The molecule has 0 spiro atoms. The number of carbonyl (C=O) groups excluding carboxylic acids is 1. The van der Waals surface area contributed by atoms with Gasteiger partial charge in [0.2, 0.25) is 12.5 Å². The lowest BCUT2D eigenvalue weighted by molar-refractivity contribution is -0.128. The SMILES string of the molecule is [C-]#[N+]C[C@H]1CN(c2nc(O[C@@H](C)COC3CCC(F)(F)C3)nc3c2CCN(c2cccc4cccc(C)c24)C3)CCN1C(=O)C=C. The highest BCUT2D eigenvalue weighted by Gasteiger charge is 2.40. The summed E-state index contributed by atoms with van der Waals surface area (Å²) in [5.41, 5.74) is 4.24. The highest BCUT2D eigenvalue weighted by Crippen LogP contribution is 2.37. The van der Waals surface area contributed by atoms with Gasteiger partial charge in [-0.3, -0.25) is 4.79 Å². The number of hydrogen-bond acceptors (Lipinski definition) is 7. The van der Waals surface area contributed by atoms with Gasteiger partial charge in [-0.25, -0.2) is 15.4 Å². The van der Waals surface area contributed by atoms with Gasteiger partial charge in [-0.15, -0.1) is 0 Å². The summed E-state index contributed by atoms with van der Waals surface area (Å²) >= 11 is 0. The van der Waals surface area contributed by atoms with E-state index < -0.39 is 18.1 Å². The number of nitrogens with zero attached hydrogens (tertiary/aromatic N) is 6. The fourth-order valence-corrected chi connectivity index (χ4v) is 6.93. The second-order valence-electron chi connectivity index (χ2n) is 12.5. The number of ether oxygens (including phenoxy) is 2. The molecule has 242 valence electrons. The van der Waals surface area contributed by atoms with Crippen LogP contribution in [0, 0.1) is 13.5 Å². The quantitative estimate of drug-likeness (QED) is 0.225. The fourth-order valence-electron chi connectivity index (χ4n) is 6.93. The van der Waals surface area contributed by atoms with Crippen LogP contribution >= 0.6 is 0 Å². The van der Waals surface area contributed by atoms with Gasteiger partial charge in [0.25, 0.3) is 5.92 Å². The molecule has 3 atom stereocenters. The van der Waals surface area contributed by atoms with Crippen LogP contribution in [0.2, 0.25) is 0 Å². The summed E-state index contributed by atoms with van der Waals surface area (Å²) in [4.78, 5) is 32.2. The largest absolute Gasteiger partial charge is 0.458 e. The molecule has 2 aliphatic heterocycles. The smallest absolute Gasteiger partial charge is 0.319 e. The maximum Gasteiger partial charge on any atom is 0.319 e. The molecule has 1 saturated carbocycles. The average Bonchev–Trinajstić information content (AvgIpc) is 3.41. The number of piperazine rings is 1.